The largest absolute Gasteiger partial charge is 0.493 e. The van der Waals surface area contributed by atoms with Crippen molar-refractivity contribution in [3.63, 3.8) is 0 Å². The normalized spacial score (nSPS) is 18.4. The Morgan fingerprint density at radius 2 is 2.30 bits per heavy atom. The maximum atomic E-state index is 12.9. The summed E-state index contributed by atoms with van der Waals surface area (Å²) >= 11 is 0. The number of amides is 1. The second kappa shape index (κ2) is 8.74. The lowest BCUT2D eigenvalue weighted by molar-refractivity contribution is 0.0560. The van der Waals surface area contributed by atoms with Crippen molar-refractivity contribution in [2.45, 2.75) is 25.9 Å². The molecule has 1 saturated heterocycles. The van der Waals surface area contributed by atoms with E-state index < -0.39 is 0 Å². The number of hydrogen-bond acceptors (Lipinski definition) is 5. The predicted octanol–water partition coefficient (Wildman–Crippen LogP) is 1.67. The van der Waals surface area contributed by atoms with Crippen LogP contribution in [0.1, 0.15) is 30.1 Å². The number of benzene rings is 1. The second-order valence-corrected chi connectivity index (χ2v) is 5.61. The molecular formula is C17H26N2O4. The SMILES string of the molecule is COc1cccc(C(=O)N2CCCO[C@H](C)C2)c1OCCCN. The number of hydrogen-bond donors (Lipinski definition) is 1. The maximum Gasteiger partial charge on any atom is 0.257 e. The highest BCUT2D eigenvalue weighted by molar-refractivity contribution is 5.97. The van der Waals surface area contributed by atoms with E-state index in [1.165, 1.54) is 0 Å². The third kappa shape index (κ3) is 4.59. The van der Waals surface area contributed by atoms with E-state index in [0.717, 1.165) is 12.8 Å². The smallest absolute Gasteiger partial charge is 0.257 e. The fourth-order valence-corrected chi connectivity index (χ4v) is 2.60. The molecule has 6 heteroatoms. The molecule has 0 radical (unpaired) electrons. The summed E-state index contributed by atoms with van der Waals surface area (Å²) in [4.78, 5) is 14.8. The molecule has 1 amide bonds. The first-order valence-corrected chi connectivity index (χ1v) is 8.08. The molecule has 1 heterocycles. The number of carbonyl (C=O) groups excluding carboxylic acids is 1. The van der Waals surface area contributed by atoms with E-state index in [0.29, 0.717) is 49.9 Å². The van der Waals surface area contributed by atoms with Gasteiger partial charge in [0.25, 0.3) is 5.91 Å². The van der Waals surface area contributed by atoms with E-state index in [1.807, 2.05) is 11.8 Å². The van der Waals surface area contributed by atoms with Gasteiger partial charge in [0.1, 0.15) is 0 Å². The third-order valence-electron chi connectivity index (χ3n) is 3.76. The van der Waals surface area contributed by atoms with Gasteiger partial charge >= 0.3 is 0 Å². The fourth-order valence-electron chi connectivity index (χ4n) is 2.60. The summed E-state index contributed by atoms with van der Waals surface area (Å²) in [6.45, 7) is 4.93. The monoisotopic (exact) mass is 322 g/mol. The number of ether oxygens (including phenoxy) is 3. The number of carbonyl (C=O) groups is 1. The van der Waals surface area contributed by atoms with Crippen molar-refractivity contribution >= 4 is 5.91 Å². The minimum atomic E-state index is -0.0519. The van der Waals surface area contributed by atoms with Crippen LogP contribution in [-0.4, -0.2) is 56.9 Å². The maximum absolute atomic E-state index is 12.9. The summed E-state index contributed by atoms with van der Waals surface area (Å²) in [7, 11) is 1.57. The number of rotatable bonds is 6. The highest BCUT2D eigenvalue weighted by Gasteiger charge is 2.25. The minimum Gasteiger partial charge on any atom is -0.493 e. The third-order valence-corrected chi connectivity index (χ3v) is 3.76. The molecule has 1 aliphatic rings. The van der Waals surface area contributed by atoms with Crippen LogP contribution in [0, 0.1) is 0 Å². The summed E-state index contributed by atoms with van der Waals surface area (Å²) < 4.78 is 16.7. The van der Waals surface area contributed by atoms with E-state index in [-0.39, 0.29) is 12.0 Å². The molecule has 2 N–H and O–H groups in total. The average molecular weight is 322 g/mol. The molecule has 2 rings (SSSR count). The van der Waals surface area contributed by atoms with Gasteiger partial charge in [-0.2, -0.15) is 0 Å². The van der Waals surface area contributed by atoms with Gasteiger partial charge in [-0.15, -0.1) is 0 Å². The Bertz CT molecular complexity index is 521. The zero-order valence-corrected chi connectivity index (χ0v) is 13.9. The van der Waals surface area contributed by atoms with Gasteiger partial charge in [0.15, 0.2) is 11.5 Å². The molecule has 0 bridgehead atoms. The van der Waals surface area contributed by atoms with Gasteiger partial charge in [-0.3, -0.25) is 4.79 Å². The molecule has 1 aromatic rings. The van der Waals surface area contributed by atoms with Crippen molar-refractivity contribution in [2.24, 2.45) is 5.73 Å². The molecule has 1 fully saturated rings. The van der Waals surface area contributed by atoms with Gasteiger partial charge in [0, 0.05) is 19.7 Å². The topological polar surface area (TPSA) is 74.0 Å². The number of nitrogens with two attached hydrogens (primary N) is 1. The van der Waals surface area contributed by atoms with Gasteiger partial charge in [-0.25, -0.2) is 0 Å². The van der Waals surface area contributed by atoms with E-state index >= 15 is 0 Å². The lowest BCUT2D eigenvalue weighted by atomic mass is 10.1. The summed E-state index contributed by atoms with van der Waals surface area (Å²) in [6.07, 6.45) is 1.60. The molecule has 6 nitrogen and oxygen atoms in total. The van der Waals surface area contributed by atoms with Gasteiger partial charge in [-0.1, -0.05) is 6.07 Å². The zero-order chi connectivity index (χ0) is 16.7. The molecule has 0 aliphatic carbocycles. The van der Waals surface area contributed by atoms with Gasteiger partial charge in [-0.05, 0) is 38.4 Å². The molecule has 1 aliphatic heterocycles. The van der Waals surface area contributed by atoms with Crippen LogP contribution in [0.5, 0.6) is 11.5 Å². The van der Waals surface area contributed by atoms with Crippen molar-refractivity contribution in [2.75, 3.05) is 40.0 Å². The molecular weight excluding hydrogens is 296 g/mol. The molecule has 128 valence electrons. The first-order valence-electron chi connectivity index (χ1n) is 8.08. The lowest BCUT2D eigenvalue weighted by Crippen LogP contribution is -2.36. The fraction of sp³-hybridized carbons (Fsp3) is 0.588. The van der Waals surface area contributed by atoms with Crippen LogP contribution in [0.3, 0.4) is 0 Å². The van der Waals surface area contributed by atoms with E-state index in [1.54, 1.807) is 25.3 Å². The second-order valence-electron chi connectivity index (χ2n) is 5.61. The highest BCUT2D eigenvalue weighted by atomic mass is 16.5. The molecule has 23 heavy (non-hydrogen) atoms. The van der Waals surface area contributed by atoms with Crippen molar-refractivity contribution in [3.8, 4) is 11.5 Å². The van der Waals surface area contributed by atoms with Crippen LogP contribution < -0.4 is 15.2 Å². The van der Waals surface area contributed by atoms with Crippen molar-refractivity contribution in [1.82, 2.24) is 4.90 Å². The Hall–Kier alpha value is -1.79. The molecule has 0 saturated carbocycles. The summed E-state index contributed by atoms with van der Waals surface area (Å²) in [6, 6.07) is 5.38. The first kappa shape index (κ1) is 17.6. The lowest BCUT2D eigenvalue weighted by Gasteiger charge is -2.24. The van der Waals surface area contributed by atoms with Gasteiger partial charge in [0.2, 0.25) is 0 Å². The van der Waals surface area contributed by atoms with Crippen molar-refractivity contribution in [3.05, 3.63) is 23.8 Å². The quantitative estimate of drug-likeness (QED) is 0.807. The number of nitrogens with zero attached hydrogens (tertiary/aromatic N) is 1. The highest BCUT2D eigenvalue weighted by Crippen LogP contribution is 2.32. The number of para-hydroxylation sites is 1. The Morgan fingerprint density at radius 1 is 1.48 bits per heavy atom. The Balaban J connectivity index is 2.23. The summed E-state index contributed by atoms with van der Waals surface area (Å²) in [5.74, 6) is 1.00. The zero-order valence-electron chi connectivity index (χ0n) is 13.9. The minimum absolute atomic E-state index is 0.0358. The average Bonchev–Trinajstić information content (AvgIpc) is 2.79. The van der Waals surface area contributed by atoms with Crippen molar-refractivity contribution < 1.29 is 19.0 Å². The van der Waals surface area contributed by atoms with E-state index in [9.17, 15) is 4.79 Å². The predicted molar refractivity (Wildman–Crippen MR) is 88.1 cm³/mol. The summed E-state index contributed by atoms with van der Waals surface area (Å²) in [5, 5.41) is 0. The van der Waals surface area contributed by atoms with Crippen LogP contribution >= 0.6 is 0 Å². The van der Waals surface area contributed by atoms with Gasteiger partial charge < -0.3 is 24.8 Å². The Kier molecular flexibility index (Phi) is 6.67. The molecule has 0 spiro atoms. The molecule has 1 aromatic carbocycles. The molecule has 1 atom stereocenters. The van der Waals surface area contributed by atoms with E-state index in [2.05, 4.69) is 0 Å². The van der Waals surface area contributed by atoms with Crippen LogP contribution in [0.25, 0.3) is 0 Å². The van der Waals surface area contributed by atoms with Crippen molar-refractivity contribution in [1.29, 1.82) is 0 Å². The Labute approximate surface area is 137 Å². The number of methoxy groups -OCH3 is 1. The van der Waals surface area contributed by atoms with Crippen LogP contribution in [0.15, 0.2) is 18.2 Å². The van der Waals surface area contributed by atoms with Crippen LogP contribution in [0.2, 0.25) is 0 Å². The first-order chi connectivity index (χ1) is 11.2. The van der Waals surface area contributed by atoms with Crippen LogP contribution in [-0.2, 0) is 4.74 Å². The summed E-state index contributed by atoms with van der Waals surface area (Å²) in [5.41, 5.74) is 6.03. The molecule has 0 unspecified atom stereocenters. The standard InChI is InChI=1S/C17H26N2O4/c1-13-12-19(9-5-11-22-13)17(20)14-6-3-7-15(21-2)16(14)23-10-4-8-18/h3,6-7,13H,4-5,8-12,18H2,1-2H3/t13-/m1/s1. The Morgan fingerprint density at radius 3 is 3.04 bits per heavy atom. The van der Waals surface area contributed by atoms with Gasteiger partial charge in [0.05, 0.1) is 25.4 Å². The van der Waals surface area contributed by atoms with E-state index in [4.69, 9.17) is 19.9 Å². The van der Waals surface area contributed by atoms with Crippen LogP contribution in [0.4, 0.5) is 0 Å². The molecule has 0 aromatic heterocycles.